The van der Waals surface area contributed by atoms with E-state index in [-0.39, 0.29) is 11.9 Å². The predicted octanol–water partition coefficient (Wildman–Crippen LogP) is 2.75. The van der Waals surface area contributed by atoms with Gasteiger partial charge in [-0.2, -0.15) is 4.98 Å². The number of rotatable bonds is 4. The first-order valence-electron chi connectivity index (χ1n) is 11.5. The van der Waals surface area contributed by atoms with Crippen molar-refractivity contribution in [3.8, 4) is 0 Å². The van der Waals surface area contributed by atoms with Crippen molar-refractivity contribution < 1.29 is 4.79 Å². The van der Waals surface area contributed by atoms with Crippen molar-refractivity contribution >= 4 is 45.3 Å². The SMILES string of the molecule is CNC(=O)c1c(NC(C)C)c2cnc(N3CCCN(C)CC3)nc2n2c1nc1ccccc12. The molecule has 0 unspecified atom stereocenters. The summed E-state index contributed by atoms with van der Waals surface area (Å²) < 4.78 is 2.00. The highest BCUT2D eigenvalue weighted by atomic mass is 16.1. The van der Waals surface area contributed by atoms with Crippen molar-refractivity contribution in [1.29, 1.82) is 0 Å². The van der Waals surface area contributed by atoms with Crippen LogP contribution in [-0.4, -0.2) is 76.5 Å². The zero-order valence-electron chi connectivity index (χ0n) is 19.6. The minimum atomic E-state index is -0.194. The van der Waals surface area contributed by atoms with Gasteiger partial charge in [-0.15, -0.1) is 0 Å². The lowest BCUT2D eigenvalue weighted by molar-refractivity contribution is 0.0965. The molecular weight excluding hydrogens is 416 g/mol. The smallest absolute Gasteiger partial charge is 0.256 e. The van der Waals surface area contributed by atoms with Gasteiger partial charge < -0.3 is 20.4 Å². The van der Waals surface area contributed by atoms with Crippen LogP contribution in [0.5, 0.6) is 0 Å². The molecule has 9 heteroatoms. The van der Waals surface area contributed by atoms with Crippen LogP contribution < -0.4 is 15.5 Å². The summed E-state index contributed by atoms with van der Waals surface area (Å²) in [6.07, 6.45) is 2.91. The maximum atomic E-state index is 13.1. The number of carbonyl (C=O) groups excluding carboxylic acids is 1. The number of benzene rings is 1. The van der Waals surface area contributed by atoms with Gasteiger partial charge in [-0.1, -0.05) is 12.1 Å². The van der Waals surface area contributed by atoms with Crippen LogP contribution in [0.4, 0.5) is 11.6 Å². The summed E-state index contributed by atoms with van der Waals surface area (Å²) in [4.78, 5) is 32.3. The van der Waals surface area contributed by atoms with E-state index in [1.165, 1.54) is 0 Å². The van der Waals surface area contributed by atoms with Crippen molar-refractivity contribution in [2.75, 3.05) is 50.5 Å². The van der Waals surface area contributed by atoms with Crippen LogP contribution in [0.15, 0.2) is 30.5 Å². The molecule has 0 aliphatic carbocycles. The number of carbonyl (C=O) groups is 1. The van der Waals surface area contributed by atoms with E-state index < -0.39 is 0 Å². The van der Waals surface area contributed by atoms with E-state index in [1.54, 1.807) is 7.05 Å². The van der Waals surface area contributed by atoms with Gasteiger partial charge >= 0.3 is 0 Å². The Morgan fingerprint density at radius 2 is 1.88 bits per heavy atom. The third-order valence-corrected chi connectivity index (χ3v) is 6.16. The van der Waals surface area contributed by atoms with E-state index in [4.69, 9.17) is 15.0 Å². The number of amides is 1. The summed E-state index contributed by atoms with van der Waals surface area (Å²) in [6, 6.07) is 8.03. The molecule has 2 N–H and O–H groups in total. The van der Waals surface area contributed by atoms with Gasteiger partial charge in [-0.05, 0) is 46.0 Å². The van der Waals surface area contributed by atoms with Crippen molar-refractivity contribution in [2.45, 2.75) is 26.3 Å². The number of imidazole rings is 1. The number of hydrogen-bond acceptors (Lipinski definition) is 7. The van der Waals surface area contributed by atoms with Gasteiger partial charge in [0.2, 0.25) is 5.95 Å². The van der Waals surface area contributed by atoms with E-state index in [9.17, 15) is 4.79 Å². The molecule has 0 saturated carbocycles. The molecule has 1 aliphatic heterocycles. The average molecular weight is 447 g/mol. The van der Waals surface area contributed by atoms with E-state index in [2.05, 4.69) is 41.3 Å². The molecule has 9 nitrogen and oxygen atoms in total. The molecule has 0 radical (unpaired) electrons. The van der Waals surface area contributed by atoms with Crippen LogP contribution in [0.25, 0.3) is 27.7 Å². The molecule has 1 aliphatic rings. The highest BCUT2D eigenvalue weighted by molar-refractivity contribution is 6.13. The molecule has 1 fully saturated rings. The molecule has 0 bridgehead atoms. The maximum absolute atomic E-state index is 13.1. The zero-order chi connectivity index (χ0) is 23.1. The highest BCUT2D eigenvalue weighted by Crippen LogP contribution is 2.34. The van der Waals surface area contributed by atoms with Gasteiger partial charge in [0.25, 0.3) is 5.91 Å². The Balaban J connectivity index is 1.84. The van der Waals surface area contributed by atoms with E-state index in [0.717, 1.165) is 54.7 Å². The number of hydrogen-bond donors (Lipinski definition) is 2. The zero-order valence-corrected chi connectivity index (χ0v) is 19.6. The Bertz CT molecular complexity index is 1350. The lowest BCUT2D eigenvalue weighted by atomic mass is 10.1. The summed E-state index contributed by atoms with van der Waals surface area (Å²) >= 11 is 0. The predicted molar refractivity (Wildman–Crippen MR) is 132 cm³/mol. The second-order valence-corrected chi connectivity index (χ2v) is 8.94. The maximum Gasteiger partial charge on any atom is 0.256 e. The molecule has 33 heavy (non-hydrogen) atoms. The summed E-state index contributed by atoms with van der Waals surface area (Å²) in [5.74, 6) is 0.514. The Hall–Kier alpha value is -3.46. The fourth-order valence-corrected chi connectivity index (χ4v) is 4.54. The Morgan fingerprint density at radius 1 is 1.06 bits per heavy atom. The second kappa shape index (κ2) is 8.47. The summed E-state index contributed by atoms with van der Waals surface area (Å²) in [7, 11) is 3.79. The van der Waals surface area contributed by atoms with Gasteiger partial charge in [0.05, 0.1) is 22.1 Å². The third kappa shape index (κ3) is 3.72. The normalized spacial score (nSPS) is 15.5. The molecule has 4 aromatic rings. The highest BCUT2D eigenvalue weighted by Gasteiger charge is 2.25. The lowest BCUT2D eigenvalue weighted by Crippen LogP contribution is -2.30. The fraction of sp³-hybridized carbons (Fsp3) is 0.417. The first-order chi connectivity index (χ1) is 16.0. The van der Waals surface area contributed by atoms with Gasteiger partial charge in [0, 0.05) is 38.9 Å². The summed E-state index contributed by atoms with van der Waals surface area (Å²) in [5, 5.41) is 7.05. The fourth-order valence-electron chi connectivity index (χ4n) is 4.54. The molecular formula is C24H30N8O. The minimum Gasteiger partial charge on any atom is -0.381 e. The first-order valence-corrected chi connectivity index (χ1v) is 11.5. The number of aromatic nitrogens is 4. The van der Waals surface area contributed by atoms with Crippen molar-refractivity contribution in [1.82, 2.24) is 29.6 Å². The second-order valence-electron chi connectivity index (χ2n) is 8.94. The van der Waals surface area contributed by atoms with Gasteiger partial charge in [-0.3, -0.25) is 9.20 Å². The number of fused-ring (bicyclic) bond motifs is 5. The van der Waals surface area contributed by atoms with Crippen LogP contribution in [0.1, 0.15) is 30.6 Å². The Kier molecular flexibility index (Phi) is 5.49. The molecule has 4 heterocycles. The monoisotopic (exact) mass is 446 g/mol. The number of pyridine rings is 1. The quantitative estimate of drug-likeness (QED) is 0.498. The molecule has 5 rings (SSSR count). The lowest BCUT2D eigenvalue weighted by Gasteiger charge is -2.22. The number of nitrogens with zero attached hydrogens (tertiary/aromatic N) is 6. The van der Waals surface area contributed by atoms with Gasteiger partial charge in [0.1, 0.15) is 5.56 Å². The molecule has 3 aromatic heterocycles. The van der Waals surface area contributed by atoms with Crippen LogP contribution >= 0.6 is 0 Å². The number of para-hydroxylation sites is 2. The van der Waals surface area contributed by atoms with E-state index in [0.29, 0.717) is 22.8 Å². The molecule has 0 atom stereocenters. The van der Waals surface area contributed by atoms with Crippen molar-refractivity contribution in [2.24, 2.45) is 0 Å². The molecule has 0 spiro atoms. The van der Waals surface area contributed by atoms with Crippen molar-refractivity contribution in [3.05, 3.63) is 36.0 Å². The van der Waals surface area contributed by atoms with Crippen LogP contribution in [0, 0.1) is 0 Å². The topological polar surface area (TPSA) is 90.7 Å². The summed E-state index contributed by atoms with van der Waals surface area (Å²) in [6.45, 7) is 7.93. The van der Waals surface area contributed by atoms with E-state index in [1.807, 2.05) is 34.9 Å². The Morgan fingerprint density at radius 3 is 2.67 bits per heavy atom. The van der Waals surface area contributed by atoms with Crippen LogP contribution in [0.2, 0.25) is 0 Å². The standard InChI is InChI=1S/C24H30N8O/c1-15(2)27-20-16-14-26-24(31-11-7-10-30(4)12-13-31)29-21(16)32-18-9-6-5-8-17(18)28-22(32)19(20)23(33)25-3/h5-6,8-9,14-15,27H,7,10-13H2,1-4H3,(H,25,33). The van der Waals surface area contributed by atoms with Gasteiger partial charge in [0.15, 0.2) is 11.3 Å². The molecule has 172 valence electrons. The third-order valence-electron chi connectivity index (χ3n) is 6.16. The minimum absolute atomic E-state index is 0.115. The number of nitrogens with one attached hydrogen (secondary N) is 2. The average Bonchev–Trinajstić information content (AvgIpc) is 3.05. The first kappa shape index (κ1) is 21.4. The summed E-state index contributed by atoms with van der Waals surface area (Å²) in [5.41, 5.74) is 4.29. The Labute approximate surface area is 192 Å². The molecule has 1 saturated heterocycles. The van der Waals surface area contributed by atoms with Crippen LogP contribution in [0.3, 0.4) is 0 Å². The van der Waals surface area contributed by atoms with E-state index >= 15 is 0 Å². The van der Waals surface area contributed by atoms with Crippen molar-refractivity contribution in [3.63, 3.8) is 0 Å². The molecule has 1 aromatic carbocycles. The van der Waals surface area contributed by atoms with Gasteiger partial charge in [-0.25, -0.2) is 9.97 Å². The number of likely N-dealkylation sites (N-methyl/N-ethyl adjacent to an activating group) is 1. The molecule has 1 amide bonds. The number of anilines is 2. The largest absolute Gasteiger partial charge is 0.381 e. The van der Waals surface area contributed by atoms with Crippen LogP contribution in [-0.2, 0) is 0 Å².